The minimum absolute atomic E-state index is 0.157. The fraction of sp³-hybridized carbons (Fsp3) is 0.300. The first-order chi connectivity index (χ1) is 13.5. The summed E-state index contributed by atoms with van der Waals surface area (Å²) in [6.45, 7) is 6.88. The van der Waals surface area contributed by atoms with E-state index in [2.05, 4.69) is 69.3 Å². The first-order valence-electron chi connectivity index (χ1n) is 8.97. The molecule has 0 aliphatic carbocycles. The third kappa shape index (κ3) is 4.18. The van der Waals surface area contributed by atoms with Crippen molar-refractivity contribution in [3.8, 4) is 10.7 Å². The molecule has 0 spiro atoms. The van der Waals surface area contributed by atoms with Gasteiger partial charge in [-0.2, -0.15) is 4.98 Å². The second-order valence-electron chi connectivity index (χ2n) is 7.41. The molecule has 0 aliphatic heterocycles. The molecule has 0 fully saturated rings. The Morgan fingerprint density at radius 2 is 1.89 bits per heavy atom. The molecule has 3 aromatic heterocycles. The van der Waals surface area contributed by atoms with Crippen LogP contribution < -0.4 is 0 Å². The van der Waals surface area contributed by atoms with E-state index in [0.717, 1.165) is 15.9 Å². The molecular weight excluding hydrogens is 390 g/mol. The van der Waals surface area contributed by atoms with Crippen molar-refractivity contribution >= 4 is 23.1 Å². The third-order valence-corrected chi connectivity index (χ3v) is 5.91. The average Bonchev–Trinajstić information content (AvgIpc) is 3.41. The smallest absolute Gasteiger partial charge is 0.232 e. The lowest BCUT2D eigenvalue weighted by molar-refractivity contribution is 0.319. The SMILES string of the molecule is CC(C)(C)c1nc(CSc2nnc(-c3cccs3)n2Cc2ccccc2)no1. The number of thioether (sulfide) groups is 1. The molecule has 8 heteroatoms. The van der Waals surface area contributed by atoms with Crippen molar-refractivity contribution < 1.29 is 4.52 Å². The molecule has 0 radical (unpaired) electrons. The predicted molar refractivity (Wildman–Crippen MR) is 111 cm³/mol. The molecule has 6 nitrogen and oxygen atoms in total. The van der Waals surface area contributed by atoms with Crippen LogP contribution in [0.15, 0.2) is 57.5 Å². The van der Waals surface area contributed by atoms with Gasteiger partial charge in [-0.1, -0.05) is 74.1 Å². The molecule has 0 aliphatic rings. The van der Waals surface area contributed by atoms with Gasteiger partial charge in [0.1, 0.15) is 0 Å². The standard InChI is InChI=1S/C20H21N5OS2/c1-20(2,3)18-21-16(24-26-18)13-28-19-23-22-17(15-10-7-11-27-15)25(19)12-14-8-5-4-6-9-14/h4-11H,12-13H2,1-3H3. The average molecular weight is 412 g/mol. The highest BCUT2D eigenvalue weighted by molar-refractivity contribution is 7.98. The van der Waals surface area contributed by atoms with Crippen molar-refractivity contribution in [1.29, 1.82) is 0 Å². The van der Waals surface area contributed by atoms with Crippen LogP contribution in [-0.4, -0.2) is 24.9 Å². The van der Waals surface area contributed by atoms with Crippen molar-refractivity contribution in [2.24, 2.45) is 0 Å². The zero-order valence-corrected chi connectivity index (χ0v) is 17.6. The molecule has 0 saturated carbocycles. The summed E-state index contributed by atoms with van der Waals surface area (Å²) in [5.74, 6) is 2.77. The zero-order chi connectivity index (χ0) is 19.6. The molecule has 144 valence electrons. The van der Waals surface area contributed by atoms with Crippen LogP contribution in [0.3, 0.4) is 0 Å². The van der Waals surface area contributed by atoms with Gasteiger partial charge in [0, 0.05) is 5.41 Å². The van der Waals surface area contributed by atoms with Gasteiger partial charge < -0.3 is 4.52 Å². The number of aromatic nitrogens is 5. The molecule has 0 amide bonds. The summed E-state index contributed by atoms with van der Waals surface area (Å²) in [7, 11) is 0. The summed E-state index contributed by atoms with van der Waals surface area (Å²) in [5, 5.41) is 15.9. The number of nitrogens with zero attached hydrogens (tertiary/aromatic N) is 5. The zero-order valence-electron chi connectivity index (χ0n) is 16.0. The van der Waals surface area contributed by atoms with Crippen LogP contribution in [0.2, 0.25) is 0 Å². The molecule has 4 aromatic rings. The molecule has 3 heterocycles. The summed E-state index contributed by atoms with van der Waals surface area (Å²) in [6, 6.07) is 14.4. The molecular formula is C20H21N5OS2. The minimum Gasteiger partial charge on any atom is -0.339 e. The maximum atomic E-state index is 5.39. The number of benzene rings is 1. The van der Waals surface area contributed by atoms with Crippen molar-refractivity contribution in [2.75, 3.05) is 0 Å². The highest BCUT2D eigenvalue weighted by Crippen LogP contribution is 2.29. The van der Waals surface area contributed by atoms with Crippen LogP contribution in [0.5, 0.6) is 0 Å². The molecule has 0 bridgehead atoms. The van der Waals surface area contributed by atoms with Gasteiger partial charge in [0.25, 0.3) is 0 Å². The van der Waals surface area contributed by atoms with Crippen LogP contribution >= 0.6 is 23.1 Å². The van der Waals surface area contributed by atoms with E-state index in [4.69, 9.17) is 4.52 Å². The molecule has 4 rings (SSSR count). The lowest BCUT2D eigenvalue weighted by atomic mass is 9.97. The summed E-state index contributed by atoms with van der Waals surface area (Å²) in [6.07, 6.45) is 0. The Morgan fingerprint density at radius 3 is 2.57 bits per heavy atom. The lowest BCUT2D eigenvalue weighted by Gasteiger charge is -2.10. The van der Waals surface area contributed by atoms with Gasteiger partial charge >= 0.3 is 0 Å². The summed E-state index contributed by atoms with van der Waals surface area (Å²) < 4.78 is 7.54. The molecule has 0 atom stereocenters. The lowest BCUT2D eigenvalue weighted by Crippen LogP contribution is -2.11. The van der Waals surface area contributed by atoms with Crippen LogP contribution in [-0.2, 0) is 17.7 Å². The van der Waals surface area contributed by atoms with Crippen molar-refractivity contribution in [1.82, 2.24) is 24.9 Å². The molecule has 0 unspecified atom stereocenters. The largest absolute Gasteiger partial charge is 0.339 e. The molecule has 28 heavy (non-hydrogen) atoms. The Labute approximate surface area is 172 Å². The number of thiophene rings is 1. The van der Waals surface area contributed by atoms with E-state index in [0.29, 0.717) is 24.0 Å². The van der Waals surface area contributed by atoms with Crippen molar-refractivity contribution in [3.05, 3.63) is 65.1 Å². The van der Waals surface area contributed by atoms with E-state index in [1.54, 1.807) is 23.1 Å². The minimum atomic E-state index is -0.157. The van der Waals surface area contributed by atoms with Gasteiger partial charge in [0.05, 0.1) is 17.2 Å². The maximum Gasteiger partial charge on any atom is 0.232 e. The Hall–Kier alpha value is -2.45. The quantitative estimate of drug-likeness (QED) is 0.415. The van der Waals surface area contributed by atoms with Gasteiger partial charge in [-0.15, -0.1) is 21.5 Å². The van der Waals surface area contributed by atoms with Gasteiger partial charge in [0.2, 0.25) is 5.89 Å². The van der Waals surface area contributed by atoms with E-state index < -0.39 is 0 Å². The Balaban J connectivity index is 1.59. The number of hydrogen-bond acceptors (Lipinski definition) is 7. The Kier molecular flexibility index (Phi) is 5.32. The normalized spacial score (nSPS) is 11.8. The van der Waals surface area contributed by atoms with Crippen molar-refractivity contribution in [2.45, 2.75) is 43.6 Å². The van der Waals surface area contributed by atoms with Gasteiger partial charge in [0.15, 0.2) is 16.8 Å². The summed E-state index contributed by atoms with van der Waals surface area (Å²) >= 11 is 3.23. The van der Waals surface area contributed by atoms with Crippen molar-refractivity contribution in [3.63, 3.8) is 0 Å². The highest BCUT2D eigenvalue weighted by Gasteiger charge is 2.22. The molecule has 0 saturated heterocycles. The predicted octanol–water partition coefficient (Wildman–Crippen LogP) is 5.03. The van der Waals surface area contributed by atoms with Crippen LogP contribution in [0, 0.1) is 0 Å². The summed E-state index contributed by atoms with van der Waals surface area (Å²) in [4.78, 5) is 5.61. The first kappa shape index (κ1) is 18.9. The van der Waals surface area contributed by atoms with E-state index in [9.17, 15) is 0 Å². The van der Waals surface area contributed by atoms with Crippen LogP contribution in [0.25, 0.3) is 10.7 Å². The Morgan fingerprint density at radius 1 is 1.07 bits per heavy atom. The van der Waals surface area contributed by atoms with Crippen LogP contribution in [0.4, 0.5) is 0 Å². The fourth-order valence-electron chi connectivity index (χ4n) is 2.64. The van der Waals surface area contributed by atoms with Gasteiger partial charge in [-0.05, 0) is 17.0 Å². The Bertz CT molecular complexity index is 1030. The maximum absolute atomic E-state index is 5.39. The van der Waals surface area contributed by atoms with E-state index in [1.807, 2.05) is 24.3 Å². The number of hydrogen-bond donors (Lipinski definition) is 0. The molecule has 0 N–H and O–H groups in total. The summed E-state index contributed by atoms with van der Waals surface area (Å²) in [5.41, 5.74) is 1.05. The van der Waals surface area contributed by atoms with E-state index >= 15 is 0 Å². The first-order valence-corrected chi connectivity index (χ1v) is 10.8. The fourth-order valence-corrected chi connectivity index (χ4v) is 4.14. The van der Waals surface area contributed by atoms with Crippen LogP contribution in [0.1, 0.15) is 38.0 Å². The third-order valence-electron chi connectivity index (χ3n) is 4.08. The molecule has 1 aromatic carbocycles. The topological polar surface area (TPSA) is 69.6 Å². The second kappa shape index (κ2) is 7.89. The van der Waals surface area contributed by atoms with Gasteiger partial charge in [-0.25, -0.2) is 0 Å². The highest BCUT2D eigenvalue weighted by atomic mass is 32.2. The van der Waals surface area contributed by atoms with E-state index in [1.165, 1.54) is 5.56 Å². The monoisotopic (exact) mass is 411 g/mol. The van der Waals surface area contributed by atoms with Gasteiger partial charge in [-0.3, -0.25) is 4.57 Å². The second-order valence-corrected chi connectivity index (χ2v) is 9.30. The number of rotatable bonds is 6. The van der Waals surface area contributed by atoms with E-state index in [-0.39, 0.29) is 5.41 Å².